The van der Waals surface area contributed by atoms with Crippen LogP contribution in [0, 0.1) is 0 Å². The Hall–Kier alpha value is 0.180. The molecule has 1 saturated carbocycles. The van der Waals surface area contributed by atoms with E-state index < -0.39 is 5.67 Å². The number of halogens is 2. The Morgan fingerprint density at radius 2 is 1.80 bits per heavy atom. The minimum Gasteiger partial charge on any atom is -0.328 e. The van der Waals surface area contributed by atoms with Gasteiger partial charge in [-0.25, -0.2) is 4.39 Å². The average molecular weight is 168 g/mol. The van der Waals surface area contributed by atoms with Crippen molar-refractivity contribution in [3.8, 4) is 0 Å². The van der Waals surface area contributed by atoms with Crippen molar-refractivity contribution in [2.24, 2.45) is 5.73 Å². The summed E-state index contributed by atoms with van der Waals surface area (Å²) < 4.78 is 13.0. The summed E-state index contributed by atoms with van der Waals surface area (Å²) in [5.41, 5.74) is 4.67. The normalized spacial score (nSPS) is 40.5. The molecule has 0 aromatic heterocycles. The van der Waals surface area contributed by atoms with Gasteiger partial charge in [0.25, 0.3) is 0 Å². The van der Waals surface area contributed by atoms with Crippen LogP contribution < -0.4 is 5.73 Å². The predicted octanol–water partition coefficient (Wildman–Crippen LogP) is 2.04. The molecule has 0 saturated heterocycles. The summed E-state index contributed by atoms with van der Waals surface area (Å²) in [4.78, 5) is 0. The first kappa shape index (κ1) is 10.2. The molecule has 0 unspecified atom stereocenters. The van der Waals surface area contributed by atoms with E-state index in [1.54, 1.807) is 6.92 Å². The molecule has 0 bridgehead atoms. The third-order valence-electron chi connectivity index (χ3n) is 2.07. The molecule has 1 aliphatic carbocycles. The van der Waals surface area contributed by atoms with Crippen LogP contribution in [0.15, 0.2) is 0 Å². The van der Waals surface area contributed by atoms with E-state index in [2.05, 4.69) is 0 Å². The summed E-state index contributed by atoms with van der Waals surface area (Å²) >= 11 is 0. The number of nitrogens with two attached hydrogens (primary N) is 1. The van der Waals surface area contributed by atoms with Crippen LogP contribution in [0.2, 0.25) is 0 Å². The largest absolute Gasteiger partial charge is 0.328 e. The number of hydrogen-bond acceptors (Lipinski definition) is 1. The Kier molecular flexibility index (Phi) is 3.60. The van der Waals surface area contributed by atoms with E-state index in [1.165, 1.54) is 0 Å². The molecule has 0 aliphatic heterocycles. The molecule has 1 nitrogen and oxygen atoms in total. The average Bonchev–Trinajstić information content (AvgIpc) is 1.78. The molecule has 0 spiro atoms. The van der Waals surface area contributed by atoms with Crippen LogP contribution in [0.5, 0.6) is 0 Å². The number of alkyl halides is 1. The van der Waals surface area contributed by atoms with E-state index in [0.717, 1.165) is 12.8 Å². The molecule has 0 radical (unpaired) electrons. The molecule has 62 valence electrons. The van der Waals surface area contributed by atoms with Crippen molar-refractivity contribution in [1.82, 2.24) is 0 Å². The maximum atomic E-state index is 13.0. The van der Waals surface area contributed by atoms with Gasteiger partial charge in [-0.2, -0.15) is 0 Å². The number of hydrogen-bond donors (Lipinski definition) is 1. The molecule has 2 N–H and O–H groups in total. The lowest BCUT2D eigenvalue weighted by molar-refractivity contribution is 0.121. The Balaban J connectivity index is 0.000000810. The molecule has 0 atom stereocenters. The predicted molar refractivity (Wildman–Crippen MR) is 43.2 cm³/mol. The van der Waals surface area contributed by atoms with Gasteiger partial charge in [-0.15, -0.1) is 12.4 Å². The molecule has 1 rings (SSSR count). The minimum atomic E-state index is -0.921. The first-order valence-corrected chi connectivity index (χ1v) is 3.55. The highest BCUT2D eigenvalue weighted by atomic mass is 35.5. The monoisotopic (exact) mass is 167 g/mol. The summed E-state index contributed by atoms with van der Waals surface area (Å²) in [6, 6.07) is 0.258. The first-order chi connectivity index (χ1) is 4.10. The maximum absolute atomic E-state index is 13.0. The van der Waals surface area contributed by atoms with Gasteiger partial charge in [0.2, 0.25) is 0 Å². The van der Waals surface area contributed by atoms with E-state index >= 15 is 0 Å². The topological polar surface area (TPSA) is 26.0 Å². The summed E-state index contributed by atoms with van der Waals surface area (Å²) in [7, 11) is 0. The van der Waals surface area contributed by atoms with Crippen molar-refractivity contribution in [2.75, 3.05) is 0 Å². The van der Waals surface area contributed by atoms with Gasteiger partial charge >= 0.3 is 0 Å². The van der Waals surface area contributed by atoms with Crippen LogP contribution in [0.3, 0.4) is 0 Å². The van der Waals surface area contributed by atoms with Crippen LogP contribution >= 0.6 is 12.4 Å². The summed E-state index contributed by atoms with van der Waals surface area (Å²) in [5.74, 6) is 0. The third-order valence-corrected chi connectivity index (χ3v) is 2.07. The second-order valence-electron chi connectivity index (χ2n) is 3.25. The van der Waals surface area contributed by atoms with Crippen LogP contribution in [0.4, 0.5) is 4.39 Å². The second-order valence-corrected chi connectivity index (χ2v) is 3.25. The van der Waals surface area contributed by atoms with E-state index in [-0.39, 0.29) is 18.4 Å². The van der Waals surface area contributed by atoms with Crippen molar-refractivity contribution in [1.29, 1.82) is 0 Å². The Morgan fingerprint density at radius 1 is 1.40 bits per heavy atom. The zero-order valence-electron chi connectivity index (χ0n) is 6.27. The Morgan fingerprint density at radius 3 is 2.10 bits per heavy atom. The van der Waals surface area contributed by atoms with Gasteiger partial charge in [-0.1, -0.05) is 0 Å². The quantitative estimate of drug-likeness (QED) is 0.587. The van der Waals surface area contributed by atoms with Crippen molar-refractivity contribution in [3.05, 3.63) is 0 Å². The SMILES string of the molecule is CC1(F)CCC(N)CC1.Cl. The van der Waals surface area contributed by atoms with Gasteiger partial charge in [0, 0.05) is 6.04 Å². The smallest absolute Gasteiger partial charge is 0.108 e. The van der Waals surface area contributed by atoms with Gasteiger partial charge in [0.15, 0.2) is 0 Å². The number of rotatable bonds is 0. The summed E-state index contributed by atoms with van der Waals surface area (Å²) in [6.07, 6.45) is 3.00. The minimum absolute atomic E-state index is 0. The van der Waals surface area contributed by atoms with E-state index in [0.29, 0.717) is 12.8 Å². The highest BCUT2D eigenvalue weighted by Gasteiger charge is 2.28. The Bertz CT molecular complexity index is 95.8. The van der Waals surface area contributed by atoms with Crippen molar-refractivity contribution in [3.63, 3.8) is 0 Å². The lowest BCUT2D eigenvalue weighted by Gasteiger charge is -2.28. The van der Waals surface area contributed by atoms with Crippen LogP contribution in [-0.2, 0) is 0 Å². The highest BCUT2D eigenvalue weighted by molar-refractivity contribution is 5.85. The zero-order chi connectivity index (χ0) is 6.91. The molecule has 0 aromatic carbocycles. The van der Waals surface area contributed by atoms with Gasteiger partial charge in [0.05, 0.1) is 0 Å². The second kappa shape index (κ2) is 3.54. The molecule has 1 fully saturated rings. The van der Waals surface area contributed by atoms with Crippen molar-refractivity contribution < 1.29 is 4.39 Å². The van der Waals surface area contributed by atoms with Crippen LogP contribution in [-0.4, -0.2) is 11.7 Å². The van der Waals surface area contributed by atoms with Gasteiger partial charge in [-0.3, -0.25) is 0 Å². The molecule has 10 heavy (non-hydrogen) atoms. The fourth-order valence-corrected chi connectivity index (χ4v) is 1.24. The third kappa shape index (κ3) is 2.84. The van der Waals surface area contributed by atoms with Crippen molar-refractivity contribution >= 4 is 12.4 Å². The fourth-order valence-electron chi connectivity index (χ4n) is 1.24. The molecule has 0 heterocycles. The highest BCUT2D eigenvalue weighted by Crippen LogP contribution is 2.30. The fraction of sp³-hybridized carbons (Fsp3) is 1.00. The van der Waals surface area contributed by atoms with Crippen LogP contribution in [0.25, 0.3) is 0 Å². The molecule has 1 aliphatic rings. The van der Waals surface area contributed by atoms with E-state index in [9.17, 15) is 4.39 Å². The van der Waals surface area contributed by atoms with Gasteiger partial charge in [-0.05, 0) is 32.6 Å². The first-order valence-electron chi connectivity index (χ1n) is 3.55. The van der Waals surface area contributed by atoms with Gasteiger partial charge < -0.3 is 5.73 Å². The zero-order valence-corrected chi connectivity index (χ0v) is 7.09. The van der Waals surface area contributed by atoms with Crippen molar-refractivity contribution in [2.45, 2.75) is 44.3 Å². The molecular weight excluding hydrogens is 153 g/mol. The molecule has 0 aromatic rings. The van der Waals surface area contributed by atoms with E-state index in [4.69, 9.17) is 5.73 Å². The van der Waals surface area contributed by atoms with Crippen LogP contribution in [0.1, 0.15) is 32.6 Å². The molecular formula is C7H15ClFN. The maximum Gasteiger partial charge on any atom is 0.108 e. The summed E-state index contributed by atoms with van der Waals surface area (Å²) in [6.45, 7) is 1.67. The lowest BCUT2D eigenvalue weighted by Crippen LogP contribution is -2.33. The standard InChI is InChI=1S/C7H14FN.ClH/c1-7(8)4-2-6(9)3-5-7;/h6H,2-5,9H2,1H3;1H. The summed E-state index contributed by atoms with van der Waals surface area (Å²) in [5, 5.41) is 0. The Labute approximate surface area is 67.6 Å². The lowest BCUT2D eigenvalue weighted by atomic mass is 9.85. The molecule has 3 heteroatoms. The van der Waals surface area contributed by atoms with E-state index in [1.807, 2.05) is 0 Å². The van der Waals surface area contributed by atoms with Gasteiger partial charge in [0.1, 0.15) is 5.67 Å². The molecule has 0 amide bonds.